The van der Waals surface area contributed by atoms with Crippen LogP contribution in [0.25, 0.3) is 0 Å². The Bertz CT molecular complexity index is 522. The molecule has 4 nitrogen and oxygen atoms in total. The third-order valence-corrected chi connectivity index (χ3v) is 3.13. The fourth-order valence-electron chi connectivity index (χ4n) is 1.30. The first kappa shape index (κ1) is 12.6. The van der Waals surface area contributed by atoms with Gasteiger partial charge in [0.15, 0.2) is 5.13 Å². The van der Waals surface area contributed by atoms with Crippen molar-refractivity contribution in [2.24, 2.45) is 5.92 Å². The summed E-state index contributed by atoms with van der Waals surface area (Å²) in [6.07, 6.45) is 1.72. The molecular formula is C13H15N3OS. The van der Waals surface area contributed by atoms with Gasteiger partial charge in [0.05, 0.1) is 6.20 Å². The maximum Gasteiger partial charge on any atom is 0.228 e. The first-order valence-electron chi connectivity index (χ1n) is 5.74. The van der Waals surface area contributed by atoms with Crippen LogP contribution in [0.5, 0.6) is 0 Å². The monoisotopic (exact) mass is 261 g/mol. The molecule has 1 heterocycles. The van der Waals surface area contributed by atoms with Crippen LogP contribution < -0.4 is 10.6 Å². The molecule has 0 atom stereocenters. The third kappa shape index (κ3) is 3.30. The summed E-state index contributed by atoms with van der Waals surface area (Å²) >= 11 is 1.42. The Labute approximate surface area is 110 Å². The quantitative estimate of drug-likeness (QED) is 0.886. The van der Waals surface area contributed by atoms with Crippen LogP contribution >= 0.6 is 11.3 Å². The molecule has 18 heavy (non-hydrogen) atoms. The van der Waals surface area contributed by atoms with E-state index in [4.69, 9.17) is 0 Å². The second kappa shape index (κ2) is 5.64. The highest BCUT2D eigenvalue weighted by atomic mass is 32.1. The molecule has 5 heteroatoms. The summed E-state index contributed by atoms with van der Waals surface area (Å²) in [7, 11) is 0. The number of rotatable bonds is 4. The minimum atomic E-state index is -0.0422. The third-order valence-electron chi connectivity index (χ3n) is 2.30. The van der Waals surface area contributed by atoms with Crippen LogP contribution in [0.4, 0.5) is 15.8 Å². The van der Waals surface area contributed by atoms with Gasteiger partial charge in [0, 0.05) is 11.6 Å². The summed E-state index contributed by atoms with van der Waals surface area (Å²) in [5.74, 6) is -0.0601. The lowest BCUT2D eigenvalue weighted by atomic mass is 10.2. The Kier molecular flexibility index (Phi) is 3.94. The zero-order valence-corrected chi connectivity index (χ0v) is 11.1. The Morgan fingerprint density at radius 2 is 2.00 bits per heavy atom. The van der Waals surface area contributed by atoms with E-state index in [0.717, 1.165) is 10.7 Å². The van der Waals surface area contributed by atoms with Crippen molar-refractivity contribution in [3.8, 4) is 0 Å². The number of carbonyl (C=O) groups excluding carboxylic acids is 1. The molecule has 0 fully saturated rings. The van der Waals surface area contributed by atoms with Crippen molar-refractivity contribution in [3.63, 3.8) is 0 Å². The molecule has 2 rings (SSSR count). The zero-order valence-electron chi connectivity index (χ0n) is 10.3. The number of carbonyl (C=O) groups is 1. The van der Waals surface area contributed by atoms with Crippen molar-refractivity contribution >= 4 is 33.1 Å². The molecule has 1 amide bonds. The van der Waals surface area contributed by atoms with Crippen LogP contribution in [0, 0.1) is 5.92 Å². The molecule has 2 N–H and O–H groups in total. The number of hydrogen-bond donors (Lipinski definition) is 2. The molecule has 0 unspecified atom stereocenters. The van der Waals surface area contributed by atoms with Gasteiger partial charge in [-0.25, -0.2) is 4.98 Å². The molecule has 2 aromatic rings. The zero-order chi connectivity index (χ0) is 13.0. The van der Waals surface area contributed by atoms with Gasteiger partial charge in [-0.2, -0.15) is 0 Å². The van der Waals surface area contributed by atoms with E-state index in [1.165, 1.54) is 11.3 Å². The van der Waals surface area contributed by atoms with Crippen LogP contribution in [0.2, 0.25) is 0 Å². The van der Waals surface area contributed by atoms with Crippen molar-refractivity contribution in [1.29, 1.82) is 0 Å². The second-order valence-electron chi connectivity index (χ2n) is 4.16. The van der Waals surface area contributed by atoms with Crippen LogP contribution in [0.1, 0.15) is 13.8 Å². The van der Waals surface area contributed by atoms with E-state index < -0.39 is 0 Å². The van der Waals surface area contributed by atoms with Crippen molar-refractivity contribution in [1.82, 2.24) is 4.98 Å². The fourth-order valence-corrected chi connectivity index (χ4v) is 2.04. The number of amides is 1. The molecule has 1 aromatic heterocycles. The molecule has 0 aliphatic heterocycles. The molecule has 1 aromatic carbocycles. The molecule has 94 valence electrons. The molecule has 0 bridgehead atoms. The summed E-state index contributed by atoms with van der Waals surface area (Å²) in [5, 5.41) is 7.53. The van der Waals surface area contributed by atoms with Crippen molar-refractivity contribution < 1.29 is 4.79 Å². The summed E-state index contributed by atoms with van der Waals surface area (Å²) in [4.78, 5) is 15.7. The van der Waals surface area contributed by atoms with Crippen molar-refractivity contribution in [2.45, 2.75) is 13.8 Å². The Hall–Kier alpha value is -1.88. The number of aromatic nitrogens is 1. The lowest BCUT2D eigenvalue weighted by Gasteiger charge is -2.03. The highest BCUT2D eigenvalue weighted by Crippen LogP contribution is 2.26. The highest BCUT2D eigenvalue weighted by molar-refractivity contribution is 7.19. The predicted molar refractivity (Wildman–Crippen MR) is 75.3 cm³/mol. The predicted octanol–water partition coefficient (Wildman–Crippen LogP) is 3.48. The summed E-state index contributed by atoms with van der Waals surface area (Å²) in [6.45, 7) is 3.71. The largest absolute Gasteiger partial charge is 0.346 e. The maximum absolute atomic E-state index is 11.5. The number of nitrogens with zero attached hydrogens (tertiary/aromatic N) is 1. The SMILES string of the molecule is CC(C)C(=O)Nc1ncc(Nc2ccccc2)s1. The summed E-state index contributed by atoms with van der Waals surface area (Å²) in [5.41, 5.74) is 1.00. The van der Waals surface area contributed by atoms with E-state index in [9.17, 15) is 4.79 Å². The van der Waals surface area contributed by atoms with E-state index in [1.807, 2.05) is 44.2 Å². The number of thiazole rings is 1. The molecule has 0 saturated heterocycles. The van der Waals surface area contributed by atoms with Gasteiger partial charge in [-0.15, -0.1) is 0 Å². The second-order valence-corrected chi connectivity index (χ2v) is 5.20. The maximum atomic E-state index is 11.5. The minimum absolute atomic E-state index is 0.0180. The van der Waals surface area contributed by atoms with Gasteiger partial charge in [0.25, 0.3) is 0 Å². The van der Waals surface area contributed by atoms with Gasteiger partial charge in [0.1, 0.15) is 5.00 Å². The highest BCUT2D eigenvalue weighted by Gasteiger charge is 2.09. The molecule has 0 spiro atoms. The molecule has 0 saturated carbocycles. The topological polar surface area (TPSA) is 54.0 Å². The van der Waals surface area contributed by atoms with Gasteiger partial charge < -0.3 is 10.6 Å². The number of nitrogens with one attached hydrogen (secondary N) is 2. The standard InChI is InChI=1S/C13H15N3OS/c1-9(2)12(17)16-13-14-8-11(18-13)15-10-6-4-3-5-7-10/h3-9,15H,1-2H3,(H,14,16,17). The minimum Gasteiger partial charge on any atom is -0.346 e. The molecule has 0 aliphatic rings. The Balaban J connectivity index is 2.00. The van der Waals surface area contributed by atoms with Gasteiger partial charge in [-0.05, 0) is 12.1 Å². The van der Waals surface area contributed by atoms with Gasteiger partial charge in [-0.3, -0.25) is 4.79 Å². The average Bonchev–Trinajstić information content (AvgIpc) is 2.77. The van der Waals surface area contributed by atoms with Crippen LogP contribution in [-0.4, -0.2) is 10.9 Å². The summed E-state index contributed by atoms with van der Waals surface area (Å²) in [6, 6.07) is 9.85. The number of anilines is 3. The fraction of sp³-hybridized carbons (Fsp3) is 0.231. The van der Waals surface area contributed by atoms with Gasteiger partial charge >= 0.3 is 0 Å². The van der Waals surface area contributed by atoms with Crippen molar-refractivity contribution in [3.05, 3.63) is 36.5 Å². The first-order chi connectivity index (χ1) is 8.65. The lowest BCUT2D eigenvalue weighted by molar-refractivity contribution is -0.118. The van der Waals surface area contributed by atoms with Crippen LogP contribution in [0.3, 0.4) is 0 Å². The average molecular weight is 261 g/mol. The Morgan fingerprint density at radius 3 is 2.67 bits per heavy atom. The van der Waals surface area contributed by atoms with Crippen molar-refractivity contribution in [2.75, 3.05) is 10.6 Å². The van der Waals surface area contributed by atoms with Crippen LogP contribution in [0.15, 0.2) is 36.5 Å². The molecular weight excluding hydrogens is 246 g/mol. The first-order valence-corrected chi connectivity index (χ1v) is 6.55. The molecule has 0 radical (unpaired) electrons. The molecule has 0 aliphatic carbocycles. The van der Waals surface area contributed by atoms with E-state index in [1.54, 1.807) is 6.20 Å². The number of para-hydroxylation sites is 1. The normalized spacial score (nSPS) is 10.4. The van der Waals surface area contributed by atoms with Gasteiger partial charge in [-0.1, -0.05) is 43.4 Å². The summed E-state index contributed by atoms with van der Waals surface area (Å²) < 4.78 is 0. The van der Waals surface area contributed by atoms with Crippen LogP contribution in [-0.2, 0) is 4.79 Å². The number of hydrogen-bond acceptors (Lipinski definition) is 4. The van der Waals surface area contributed by atoms with E-state index in [-0.39, 0.29) is 11.8 Å². The van der Waals surface area contributed by atoms with E-state index in [0.29, 0.717) is 5.13 Å². The van der Waals surface area contributed by atoms with E-state index in [2.05, 4.69) is 15.6 Å². The smallest absolute Gasteiger partial charge is 0.228 e. The lowest BCUT2D eigenvalue weighted by Crippen LogP contribution is -2.17. The number of benzene rings is 1. The van der Waals surface area contributed by atoms with E-state index >= 15 is 0 Å². The Morgan fingerprint density at radius 1 is 1.28 bits per heavy atom. The van der Waals surface area contributed by atoms with Gasteiger partial charge in [0.2, 0.25) is 5.91 Å².